The van der Waals surface area contributed by atoms with Crippen molar-refractivity contribution in [2.24, 2.45) is 5.92 Å². The summed E-state index contributed by atoms with van der Waals surface area (Å²) in [5.74, 6) is 0.454. The van der Waals surface area contributed by atoms with Crippen molar-refractivity contribution >= 4 is 27.5 Å². The van der Waals surface area contributed by atoms with E-state index in [4.69, 9.17) is 0 Å². The number of nitrogens with one attached hydrogen (secondary N) is 2. The molecule has 0 saturated heterocycles. The number of anilines is 1. The lowest BCUT2D eigenvalue weighted by Gasteiger charge is -2.25. The highest BCUT2D eigenvalue weighted by molar-refractivity contribution is 9.10. The fraction of sp³-hybridized carbons (Fsp3) is 0.533. The number of para-hydroxylation sites is 1. The molecule has 4 nitrogen and oxygen atoms in total. The number of benzene rings is 1. The Kier molecular flexibility index (Phi) is 7.19. The number of likely N-dealkylation sites (N-methyl/N-ethyl adjacent to an activating group) is 1. The fourth-order valence-corrected chi connectivity index (χ4v) is 2.27. The van der Waals surface area contributed by atoms with Crippen LogP contribution in [0.2, 0.25) is 0 Å². The molecule has 2 N–H and O–H groups in total. The van der Waals surface area contributed by atoms with Gasteiger partial charge in [-0.15, -0.1) is 0 Å². The smallest absolute Gasteiger partial charge is 0.238 e. The van der Waals surface area contributed by atoms with Crippen LogP contribution in [0.3, 0.4) is 0 Å². The average molecular weight is 342 g/mol. The second kappa shape index (κ2) is 8.39. The first kappa shape index (κ1) is 17.1. The first-order valence-corrected chi connectivity index (χ1v) is 7.62. The highest BCUT2D eigenvalue weighted by atomic mass is 79.9. The summed E-state index contributed by atoms with van der Waals surface area (Å²) in [5.41, 5.74) is 0.799. The molecule has 0 aromatic heterocycles. The highest BCUT2D eigenvalue weighted by Crippen LogP contribution is 2.20. The van der Waals surface area contributed by atoms with E-state index >= 15 is 0 Å². The summed E-state index contributed by atoms with van der Waals surface area (Å²) in [6.45, 7) is 5.55. The van der Waals surface area contributed by atoms with Gasteiger partial charge in [-0.2, -0.15) is 0 Å². The summed E-state index contributed by atoms with van der Waals surface area (Å²) in [5, 5.41) is 6.22. The fourth-order valence-electron chi connectivity index (χ4n) is 1.89. The predicted molar refractivity (Wildman–Crippen MR) is 88.0 cm³/mol. The molecular formula is C15H24BrN3O. The lowest BCUT2D eigenvalue weighted by molar-refractivity contribution is -0.115. The van der Waals surface area contributed by atoms with Crippen molar-refractivity contribution in [1.82, 2.24) is 10.2 Å². The Morgan fingerprint density at radius 2 is 1.95 bits per heavy atom. The minimum Gasteiger partial charge on any atom is -0.324 e. The third-order valence-electron chi connectivity index (χ3n) is 3.04. The van der Waals surface area contributed by atoms with E-state index in [-0.39, 0.29) is 5.91 Å². The molecule has 0 aliphatic heterocycles. The van der Waals surface area contributed by atoms with E-state index in [2.05, 4.69) is 45.3 Å². The Morgan fingerprint density at radius 3 is 2.50 bits per heavy atom. The molecule has 1 amide bonds. The van der Waals surface area contributed by atoms with Crippen molar-refractivity contribution in [3.8, 4) is 0 Å². The van der Waals surface area contributed by atoms with Gasteiger partial charge in [-0.25, -0.2) is 0 Å². The maximum Gasteiger partial charge on any atom is 0.238 e. The van der Waals surface area contributed by atoms with Gasteiger partial charge in [0.2, 0.25) is 5.91 Å². The minimum atomic E-state index is -0.0266. The molecule has 0 spiro atoms. The normalized spacial score (nSPS) is 12.8. The van der Waals surface area contributed by atoms with Crippen molar-refractivity contribution < 1.29 is 4.79 Å². The van der Waals surface area contributed by atoms with Gasteiger partial charge in [-0.3, -0.25) is 4.79 Å². The van der Waals surface area contributed by atoms with E-state index in [1.807, 2.05) is 38.4 Å². The van der Waals surface area contributed by atoms with Crippen LogP contribution in [-0.4, -0.2) is 44.0 Å². The van der Waals surface area contributed by atoms with Gasteiger partial charge in [0.1, 0.15) is 0 Å². The number of carbonyl (C=O) groups is 1. The average Bonchev–Trinajstić information content (AvgIpc) is 2.36. The van der Waals surface area contributed by atoms with Crippen LogP contribution in [-0.2, 0) is 4.79 Å². The van der Waals surface area contributed by atoms with Crippen LogP contribution < -0.4 is 10.6 Å². The lowest BCUT2D eigenvalue weighted by Crippen LogP contribution is -2.45. The first-order chi connectivity index (χ1) is 9.40. The van der Waals surface area contributed by atoms with Crippen LogP contribution in [0.15, 0.2) is 28.7 Å². The molecule has 5 heteroatoms. The Hall–Kier alpha value is -0.910. The van der Waals surface area contributed by atoms with Crippen molar-refractivity contribution in [2.45, 2.75) is 19.9 Å². The molecule has 0 radical (unpaired) electrons. The molecule has 0 bridgehead atoms. The molecular weight excluding hydrogens is 318 g/mol. The standard InChI is InChI=1S/C15H24BrN3O/c1-11(2)14(10-19(3)4)17-9-15(20)18-13-8-6-5-7-12(13)16/h5-8,11,14,17H,9-10H2,1-4H3,(H,18,20). The van der Waals surface area contributed by atoms with Crippen molar-refractivity contribution in [3.05, 3.63) is 28.7 Å². The van der Waals surface area contributed by atoms with Gasteiger partial charge in [0.05, 0.1) is 12.2 Å². The van der Waals surface area contributed by atoms with Crippen molar-refractivity contribution in [3.63, 3.8) is 0 Å². The van der Waals surface area contributed by atoms with E-state index in [1.165, 1.54) is 0 Å². The third kappa shape index (κ3) is 6.03. The zero-order valence-electron chi connectivity index (χ0n) is 12.6. The van der Waals surface area contributed by atoms with Crippen molar-refractivity contribution in [1.29, 1.82) is 0 Å². The monoisotopic (exact) mass is 341 g/mol. The number of carbonyl (C=O) groups excluding carboxylic acids is 1. The van der Waals surface area contributed by atoms with Crippen molar-refractivity contribution in [2.75, 3.05) is 32.5 Å². The molecule has 112 valence electrons. The van der Waals surface area contributed by atoms with E-state index in [0.29, 0.717) is 18.5 Å². The number of nitrogens with zero attached hydrogens (tertiary/aromatic N) is 1. The maximum absolute atomic E-state index is 12.0. The van der Waals surface area contributed by atoms with Gasteiger partial charge < -0.3 is 15.5 Å². The summed E-state index contributed by atoms with van der Waals surface area (Å²) in [7, 11) is 4.08. The van der Waals surface area contributed by atoms with E-state index in [0.717, 1.165) is 16.7 Å². The molecule has 0 aliphatic rings. The molecule has 1 atom stereocenters. The molecule has 1 aromatic rings. The SMILES string of the molecule is CC(C)C(CN(C)C)NCC(=O)Nc1ccccc1Br. The van der Waals surface area contributed by atoms with Crippen LogP contribution in [0, 0.1) is 5.92 Å². The van der Waals surface area contributed by atoms with E-state index in [1.54, 1.807) is 0 Å². The Balaban J connectivity index is 2.48. The lowest BCUT2D eigenvalue weighted by atomic mass is 10.0. The van der Waals surface area contributed by atoms with Gasteiger partial charge in [0.15, 0.2) is 0 Å². The topological polar surface area (TPSA) is 44.4 Å². The molecule has 1 rings (SSSR count). The zero-order chi connectivity index (χ0) is 15.1. The predicted octanol–water partition coefficient (Wildman–Crippen LogP) is 2.56. The number of hydrogen-bond donors (Lipinski definition) is 2. The minimum absolute atomic E-state index is 0.0266. The van der Waals surface area contributed by atoms with E-state index < -0.39 is 0 Å². The Labute approximate surface area is 130 Å². The summed E-state index contributed by atoms with van der Waals surface area (Å²) >= 11 is 3.42. The molecule has 0 fully saturated rings. The van der Waals surface area contributed by atoms with Gasteiger partial charge in [0, 0.05) is 17.1 Å². The molecule has 1 unspecified atom stereocenters. The molecule has 20 heavy (non-hydrogen) atoms. The van der Waals surface area contributed by atoms with Crippen LogP contribution in [0.4, 0.5) is 5.69 Å². The number of halogens is 1. The van der Waals surface area contributed by atoms with Gasteiger partial charge in [-0.1, -0.05) is 26.0 Å². The number of hydrogen-bond acceptors (Lipinski definition) is 3. The Bertz CT molecular complexity index is 435. The third-order valence-corrected chi connectivity index (χ3v) is 3.73. The highest BCUT2D eigenvalue weighted by Gasteiger charge is 2.15. The maximum atomic E-state index is 12.0. The summed E-state index contributed by atoms with van der Waals surface area (Å²) in [4.78, 5) is 14.1. The summed E-state index contributed by atoms with van der Waals surface area (Å²) in [6.07, 6.45) is 0. The molecule has 0 heterocycles. The molecule has 1 aromatic carbocycles. The van der Waals surface area contributed by atoms with Gasteiger partial charge in [0.25, 0.3) is 0 Å². The van der Waals surface area contributed by atoms with Crippen LogP contribution in [0.25, 0.3) is 0 Å². The zero-order valence-corrected chi connectivity index (χ0v) is 14.2. The quantitative estimate of drug-likeness (QED) is 0.801. The van der Waals surface area contributed by atoms with Crippen LogP contribution >= 0.6 is 15.9 Å². The number of rotatable bonds is 7. The summed E-state index contributed by atoms with van der Waals surface area (Å²) < 4.78 is 0.891. The molecule has 0 saturated carbocycles. The number of amides is 1. The van der Waals surface area contributed by atoms with E-state index in [9.17, 15) is 4.79 Å². The second-order valence-corrected chi connectivity index (χ2v) is 6.38. The Morgan fingerprint density at radius 1 is 1.30 bits per heavy atom. The largest absolute Gasteiger partial charge is 0.324 e. The first-order valence-electron chi connectivity index (χ1n) is 6.82. The summed E-state index contributed by atoms with van der Waals surface area (Å²) in [6, 6.07) is 7.91. The molecule has 0 aliphatic carbocycles. The van der Waals surface area contributed by atoms with Crippen LogP contribution in [0.5, 0.6) is 0 Å². The van der Waals surface area contributed by atoms with Gasteiger partial charge >= 0.3 is 0 Å². The second-order valence-electron chi connectivity index (χ2n) is 5.52. The van der Waals surface area contributed by atoms with Gasteiger partial charge in [-0.05, 0) is 48.1 Å². The van der Waals surface area contributed by atoms with Crippen LogP contribution in [0.1, 0.15) is 13.8 Å².